The minimum atomic E-state index is -1.49. The molecule has 0 aliphatic carbocycles. The Bertz CT molecular complexity index is 745. The predicted octanol–water partition coefficient (Wildman–Crippen LogP) is -4.12. The lowest BCUT2D eigenvalue weighted by atomic mass is 10.1. The van der Waals surface area contributed by atoms with Crippen molar-refractivity contribution in [3.63, 3.8) is 0 Å². The minimum absolute atomic E-state index is 0.0772. The highest BCUT2D eigenvalue weighted by atomic mass is 16.4. The van der Waals surface area contributed by atoms with Gasteiger partial charge in [-0.2, -0.15) is 0 Å². The molecule has 0 bridgehead atoms. The van der Waals surface area contributed by atoms with Gasteiger partial charge in [0.15, 0.2) is 0 Å². The number of aliphatic carboxylic acids is 1. The summed E-state index contributed by atoms with van der Waals surface area (Å²) in [6.07, 6.45) is -0.00179. The SMILES string of the molecule is NC(=O)CCC(N)C(=O)NC(CO)C(=O)NC(CCC(N)=O)C(=O)N1CCCC1C(=O)O. The summed E-state index contributed by atoms with van der Waals surface area (Å²) in [6.45, 7) is -0.675. The van der Waals surface area contributed by atoms with Gasteiger partial charge in [-0.3, -0.25) is 24.0 Å². The number of aliphatic hydroxyl groups excluding tert-OH is 1. The Kier molecular flexibility index (Phi) is 10.5. The van der Waals surface area contributed by atoms with Gasteiger partial charge in [0.25, 0.3) is 0 Å². The number of carbonyl (C=O) groups excluding carboxylic acids is 5. The number of hydrogen-bond acceptors (Lipinski definition) is 8. The maximum atomic E-state index is 12.9. The lowest BCUT2D eigenvalue weighted by molar-refractivity contribution is -0.149. The number of amides is 5. The third kappa shape index (κ3) is 8.11. The smallest absolute Gasteiger partial charge is 0.326 e. The van der Waals surface area contributed by atoms with Crippen molar-refractivity contribution in [2.45, 2.75) is 62.7 Å². The molecule has 1 heterocycles. The summed E-state index contributed by atoms with van der Waals surface area (Å²) >= 11 is 0. The fourth-order valence-corrected chi connectivity index (χ4v) is 3.21. The summed E-state index contributed by atoms with van der Waals surface area (Å²) in [7, 11) is 0. The molecule has 1 fully saturated rings. The maximum Gasteiger partial charge on any atom is 0.326 e. The van der Waals surface area contributed by atoms with Gasteiger partial charge in [-0.25, -0.2) is 4.79 Å². The van der Waals surface area contributed by atoms with Gasteiger partial charge in [0, 0.05) is 19.4 Å². The van der Waals surface area contributed by atoms with Crippen LogP contribution in [0.25, 0.3) is 0 Å². The molecule has 1 rings (SSSR count). The first-order valence-corrected chi connectivity index (χ1v) is 10.0. The van der Waals surface area contributed by atoms with Crippen LogP contribution in [0.3, 0.4) is 0 Å². The summed E-state index contributed by atoms with van der Waals surface area (Å²) in [4.78, 5) is 72.0. The lowest BCUT2D eigenvalue weighted by Gasteiger charge is -2.28. The van der Waals surface area contributed by atoms with Crippen LogP contribution in [-0.2, 0) is 28.8 Å². The molecule has 0 aromatic heterocycles. The van der Waals surface area contributed by atoms with Gasteiger partial charge >= 0.3 is 5.97 Å². The molecule has 4 unspecified atom stereocenters. The molecule has 14 heteroatoms. The predicted molar refractivity (Wildman–Crippen MR) is 108 cm³/mol. The first-order chi connectivity index (χ1) is 15.0. The zero-order chi connectivity index (χ0) is 24.4. The minimum Gasteiger partial charge on any atom is -0.480 e. The number of carboxylic acids is 1. The fraction of sp³-hybridized carbons (Fsp3) is 0.667. The molecular formula is C18H30N6O8. The number of nitrogens with one attached hydrogen (secondary N) is 2. The highest BCUT2D eigenvalue weighted by Crippen LogP contribution is 2.19. The second-order valence-electron chi connectivity index (χ2n) is 7.45. The van der Waals surface area contributed by atoms with Gasteiger partial charge < -0.3 is 42.9 Å². The van der Waals surface area contributed by atoms with Gasteiger partial charge in [-0.05, 0) is 25.7 Å². The Morgan fingerprint density at radius 3 is 2.03 bits per heavy atom. The number of primary amides is 2. The number of carboxylic acid groups (broad SMARTS) is 1. The van der Waals surface area contributed by atoms with Crippen LogP contribution in [0.15, 0.2) is 0 Å². The van der Waals surface area contributed by atoms with Crippen molar-refractivity contribution in [2.24, 2.45) is 17.2 Å². The third-order valence-electron chi connectivity index (χ3n) is 4.97. The molecule has 0 spiro atoms. The van der Waals surface area contributed by atoms with E-state index in [0.717, 1.165) is 4.90 Å². The van der Waals surface area contributed by atoms with Crippen molar-refractivity contribution in [3.05, 3.63) is 0 Å². The molecule has 1 aliphatic heterocycles. The molecular weight excluding hydrogens is 428 g/mol. The molecule has 32 heavy (non-hydrogen) atoms. The Morgan fingerprint density at radius 1 is 0.938 bits per heavy atom. The molecule has 14 nitrogen and oxygen atoms in total. The number of nitrogens with zero attached hydrogens (tertiary/aromatic N) is 1. The van der Waals surface area contributed by atoms with E-state index in [4.69, 9.17) is 17.2 Å². The van der Waals surface area contributed by atoms with Crippen LogP contribution in [0.5, 0.6) is 0 Å². The molecule has 0 saturated carbocycles. The number of nitrogens with two attached hydrogens (primary N) is 3. The number of aliphatic hydroxyl groups is 1. The van der Waals surface area contributed by atoms with Crippen molar-refractivity contribution < 1.29 is 39.0 Å². The van der Waals surface area contributed by atoms with Gasteiger partial charge in [0.2, 0.25) is 29.5 Å². The largest absolute Gasteiger partial charge is 0.480 e. The van der Waals surface area contributed by atoms with Crippen molar-refractivity contribution >= 4 is 35.5 Å². The van der Waals surface area contributed by atoms with Gasteiger partial charge in [-0.1, -0.05) is 0 Å². The van der Waals surface area contributed by atoms with E-state index in [1.807, 2.05) is 0 Å². The Morgan fingerprint density at radius 2 is 1.50 bits per heavy atom. The third-order valence-corrected chi connectivity index (χ3v) is 4.97. The van der Waals surface area contributed by atoms with E-state index in [1.54, 1.807) is 0 Å². The first kappa shape index (κ1) is 26.8. The molecule has 4 atom stereocenters. The van der Waals surface area contributed by atoms with Gasteiger partial charge in [-0.15, -0.1) is 0 Å². The molecule has 1 aliphatic rings. The maximum absolute atomic E-state index is 12.9. The average molecular weight is 458 g/mol. The summed E-state index contributed by atoms with van der Waals surface area (Å²) in [5, 5.41) is 23.3. The monoisotopic (exact) mass is 458 g/mol. The Labute approximate surface area is 183 Å². The van der Waals surface area contributed by atoms with Crippen LogP contribution in [0.2, 0.25) is 0 Å². The van der Waals surface area contributed by atoms with Gasteiger partial charge in [0.05, 0.1) is 12.6 Å². The van der Waals surface area contributed by atoms with Gasteiger partial charge in [0.1, 0.15) is 18.1 Å². The number of rotatable bonds is 13. The van der Waals surface area contributed by atoms with Crippen molar-refractivity contribution in [1.29, 1.82) is 0 Å². The van der Waals surface area contributed by atoms with Crippen LogP contribution in [-0.4, -0.2) is 87.9 Å². The van der Waals surface area contributed by atoms with Crippen LogP contribution < -0.4 is 27.8 Å². The molecule has 0 aromatic rings. The van der Waals surface area contributed by atoms with E-state index in [9.17, 15) is 39.0 Å². The second kappa shape index (κ2) is 12.6. The molecule has 0 aromatic carbocycles. The average Bonchev–Trinajstić information content (AvgIpc) is 3.22. The Hall–Kier alpha value is -3.26. The first-order valence-electron chi connectivity index (χ1n) is 10.0. The second-order valence-corrected chi connectivity index (χ2v) is 7.45. The van der Waals surface area contributed by atoms with Crippen LogP contribution in [0, 0.1) is 0 Å². The molecule has 1 saturated heterocycles. The van der Waals surface area contributed by atoms with E-state index in [1.165, 1.54) is 0 Å². The van der Waals surface area contributed by atoms with Crippen LogP contribution >= 0.6 is 0 Å². The summed E-state index contributed by atoms with van der Waals surface area (Å²) in [5.74, 6) is -5.09. The molecule has 5 amide bonds. The van der Waals surface area contributed by atoms with Crippen molar-refractivity contribution in [3.8, 4) is 0 Å². The summed E-state index contributed by atoms with van der Waals surface area (Å²) < 4.78 is 0. The van der Waals surface area contributed by atoms with E-state index in [-0.39, 0.29) is 38.6 Å². The van der Waals surface area contributed by atoms with Crippen molar-refractivity contribution in [2.75, 3.05) is 13.2 Å². The zero-order valence-corrected chi connectivity index (χ0v) is 17.5. The zero-order valence-electron chi connectivity index (χ0n) is 17.5. The molecule has 10 N–H and O–H groups in total. The van der Waals surface area contributed by atoms with Crippen LogP contribution in [0.1, 0.15) is 38.5 Å². The van der Waals surface area contributed by atoms with Crippen LogP contribution in [0.4, 0.5) is 0 Å². The van der Waals surface area contributed by atoms with E-state index < -0.39 is 66.3 Å². The standard InChI is InChI=1S/C18H30N6O8/c19-9(3-5-13(20)26)15(28)23-11(8-25)16(29)22-10(4-6-14(21)27)17(30)24-7-1-2-12(24)18(31)32/h9-12,25H,1-8,19H2,(H2,20,26)(H2,21,27)(H,22,29)(H,23,28)(H,31,32). The van der Waals surface area contributed by atoms with E-state index >= 15 is 0 Å². The highest BCUT2D eigenvalue weighted by Gasteiger charge is 2.38. The summed E-state index contributed by atoms with van der Waals surface area (Å²) in [5.41, 5.74) is 15.7. The normalized spacial score (nSPS) is 18.3. The fourth-order valence-electron chi connectivity index (χ4n) is 3.21. The molecule has 180 valence electrons. The van der Waals surface area contributed by atoms with E-state index in [0.29, 0.717) is 6.42 Å². The Balaban J connectivity index is 2.87. The molecule has 0 radical (unpaired) electrons. The number of likely N-dealkylation sites (tertiary alicyclic amines) is 1. The van der Waals surface area contributed by atoms with Crippen molar-refractivity contribution in [1.82, 2.24) is 15.5 Å². The number of hydrogen-bond donors (Lipinski definition) is 7. The highest BCUT2D eigenvalue weighted by molar-refractivity contribution is 5.94. The lowest BCUT2D eigenvalue weighted by Crippen LogP contribution is -2.58. The quantitative estimate of drug-likeness (QED) is 0.141. The van der Waals surface area contributed by atoms with E-state index in [2.05, 4.69) is 10.6 Å². The summed E-state index contributed by atoms with van der Waals surface area (Å²) in [6, 6.07) is -5.02. The topological polar surface area (TPSA) is 248 Å². The number of carbonyl (C=O) groups is 6.